The summed E-state index contributed by atoms with van der Waals surface area (Å²) in [5.74, 6) is 0.656. The van der Waals surface area contributed by atoms with Gasteiger partial charge in [-0.15, -0.1) is 0 Å². The van der Waals surface area contributed by atoms with Crippen molar-refractivity contribution in [3.8, 4) is 0 Å². The van der Waals surface area contributed by atoms with Crippen LogP contribution < -0.4 is 5.56 Å². The van der Waals surface area contributed by atoms with Crippen molar-refractivity contribution in [3.05, 3.63) is 69.4 Å². The lowest BCUT2D eigenvalue weighted by Crippen LogP contribution is -2.23. The molecule has 0 saturated heterocycles. The number of nitrogens with zero attached hydrogens (tertiary/aromatic N) is 3. The van der Waals surface area contributed by atoms with Gasteiger partial charge in [-0.1, -0.05) is 36.8 Å². The van der Waals surface area contributed by atoms with E-state index in [0.717, 1.165) is 30.5 Å². The smallest absolute Gasteiger partial charge is 0.263 e. The van der Waals surface area contributed by atoms with Crippen LogP contribution in [0.1, 0.15) is 35.7 Å². The Balaban J connectivity index is 1.77. The molecular weight excluding hydrogens is 298 g/mol. The first-order valence-corrected chi connectivity index (χ1v) is 8.53. The van der Waals surface area contributed by atoms with E-state index in [2.05, 4.69) is 48.1 Å². The van der Waals surface area contributed by atoms with Crippen molar-refractivity contribution in [1.29, 1.82) is 0 Å². The molecule has 2 heterocycles. The highest BCUT2D eigenvalue weighted by molar-refractivity contribution is 5.74. The SMILES string of the molecule is Cc1ccc(Cn2cnc3nc4c(cc3c2=O)C[C@H](C)CC4)cc1. The molecule has 1 aromatic carbocycles. The molecule has 1 aliphatic rings. The maximum absolute atomic E-state index is 12.9. The Morgan fingerprint density at radius 3 is 2.83 bits per heavy atom. The fraction of sp³-hybridized carbons (Fsp3) is 0.350. The Morgan fingerprint density at radius 2 is 2.04 bits per heavy atom. The van der Waals surface area contributed by atoms with Crippen molar-refractivity contribution in [1.82, 2.24) is 14.5 Å². The molecule has 4 rings (SSSR count). The third-order valence-electron chi connectivity index (χ3n) is 4.90. The van der Waals surface area contributed by atoms with E-state index in [9.17, 15) is 4.79 Å². The first-order chi connectivity index (χ1) is 11.6. The Morgan fingerprint density at radius 1 is 1.25 bits per heavy atom. The maximum atomic E-state index is 12.9. The van der Waals surface area contributed by atoms with Gasteiger partial charge in [0.15, 0.2) is 5.65 Å². The second-order valence-corrected chi connectivity index (χ2v) is 6.98. The summed E-state index contributed by atoms with van der Waals surface area (Å²) in [5, 5.41) is 0.637. The average molecular weight is 319 g/mol. The van der Waals surface area contributed by atoms with Gasteiger partial charge in [-0.25, -0.2) is 9.97 Å². The van der Waals surface area contributed by atoms with Crippen molar-refractivity contribution in [3.63, 3.8) is 0 Å². The molecule has 0 fully saturated rings. The zero-order valence-corrected chi connectivity index (χ0v) is 14.1. The highest BCUT2D eigenvalue weighted by atomic mass is 16.1. The first kappa shape index (κ1) is 15.1. The van der Waals surface area contributed by atoms with Crippen molar-refractivity contribution in [2.45, 2.75) is 39.7 Å². The molecule has 1 aliphatic carbocycles. The van der Waals surface area contributed by atoms with Crippen LogP contribution in [-0.4, -0.2) is 14.5 Å². The van der Waals surface area contributed by atoms with E-state index in [-0.39, 0.29) is 5.56 Å². The van der Waals surface area contributed by atoms with Gasteiger partial charge in [-0.2, -0.15) is 0 Å². The first-order valence-electron chi connectivity index (χ1n) is 8.53. The second-order valence-electron chi connectivity index (χ2n) is 6.98. The predicted octanol–water partition coefficient (Wildman–Crippen LogP) is 3.27. The minimum Gasteiger partial charge on any atom is -0.294 e. The molecule has 0 amide bonds. The van der Waals surface area contributed by atoms with Gasteiger partial charge in [0, 0.05) is 5.69 Å². The van der Waals surface area contributed by atoms with E-state index in [0.29, 0.717) is 23.5 Å². The summed E-state index contributed by atoms with van der Waals surface area (Å²) in [7, 11) is 0. The molecule has 0 radical (unpaired) electrons. The van der Waals surface area contributed by atoms with E-state index in [4.69, 9.17) is 0 Å². The van der Waals surface area contributed by atoms with Crippen LogP contribution >= 0.6 is 0 Å². The van der Waals surface area contributed by atoms with Crippen LogP contribution in [0.4, 0.5) is 0 Å². The molecule has 4 heteroatoms. The minimum absolute atomic E-state index is 0.00546. The van der Waals surface area contributed by atoms with Crippen LogP contribution in [0, 0.1) is 12.8 Å². The third kappa shape index (κ3) is 2.73. The third-order valence-corrected chi connectivity index (χ3v) is 4.90. The highest BCUT2D eigenvalue weighted by Gasteiger charge is 2.18. The molecule has 1 atom stereocenters. The lowest BCUT2D eigenvalue weighted by molar-refractivity contribution is 0.495. The Kier molecular flexibility index (Phi) is 3.68. The number of aryl methyl sites for hydroxylation is 2. The topological polar surface area (TPSA) is 47.8 Å². The summed E-state index contributed by atoms with van der Waals surface area (Å²) < 4.78 is 1.67. The zero-order valence-electron chi connectivity index (χ0n) is 14.1. The van der Waals surface area contributed by atoms with Gasteiger partial charge in [0.05, 0.1) is 11.9 Å². The summed E-state index contributed by atoms with van der Waals surface area (Å²) in [6, 6.07) is 10.3. The maximum Gasteiger partial charge on any atom is 0.263 e. The summed E-state index contributed by atoms with van der Waals surface area (Å²) in [6.07, 6.45) is 4.77. The normalized spacial score (nSPS) is 17.0. The number of benzene rings is 1. The summed E-state index contributed by atoms with van der Waals surface area (Å²) >= 11 is 0. The van der Waals surface area contributed by atoms with Crippen LogP contribution in [0.25, 0.3) is 11.0 Å². The van der Waals surface area contributed by atoms with Gasteiger partial charge >= 0.3 is 0 Å². The van der Waals surface area contributed by atoms with E-state index in [1.807, 2.05) is 6.07 Å². The zero-order chi connectivity index (χ0) is 16.7. The molecule has 24 heavy (non-hydrogen) atoms. The highest BCUT2D eigenvalue weighted by Crippen LogP contribution is 2.25. The second kappa shape index (κ2) is 5.86. The Labute approximate surface area is 141 Å². The standard InChI is InChI=1S/C20H21N3O/c1-13-3-6-15(7-4-13)11-23-12-21-19-17(20(23)24)10-16-9-14(2)5-8-18(16)22-19/h3-4,6-7,10,12,14H,5,8-9,11H2,1-2H3/t14-/m1/s1. The van der Waals surface area contributed by atoms with Gasteiger partial charge in [0.2, 0.25) is 0 Å². The fourth-order valence-corrected chi connectivity index (χ4v) is 3.43. The molecular formula is C20H21N3O. The Hall–Kier alpha value is -2.49. The number of fused-ring (bicyclic) bond motifs is 2. The van der Waals surface area contributed by atoms with Crippen LogP contribution in [-0.2, 0) is 19.4 Å². The van der Waals surface area contributed by atoms with Crippen LogP contribution in [0.3, 0.4) is 0 Å². The van der Waals surface area contributed by atoms with Gasteiger partial charge in [-0.05, 0) is 49.3 Å². The van der Waals surface area contributed by atoms with Gasteiger partial charge < -0.3 is 0 Å². The summed E-state index contributed by atoms with van der Waals surface area (Å²) in [4.78, 5) is 21.9. The van der Waals surface area contributed by atoms with Gasteiger partial charge in [0.25, 0.3) is 5.56 Å². The number of pyridine rings is 1. The number of aromatic nitrogens is 3. The fourth-order valence-electron chi connectivity index (χ4n) is 3.43. The van der Waals surface area contributed by atoms with E-state index < -0.39 is 0 Å². The molecule has 0 saturated carbocycles. The predicted molar refractivity (Wildman–Crippen MR) is 95.3 cm³/mol. The number of rotatable bonds is 2. The monoisotopic (exact) mass is 319 g/mol. The number of hydrogen-bond acceptors (Lipinski definition) is 3. The van der Waals surface area contributed by atoms with Crippen LogP contribution in [0.2, 0.25) is 0 Å². The number of hydrogen-bond donors (Lipinski definition) is 0. The molecule has 0 N–H and O–H groups in total. The molecule has 3 aromatic rings. The molecule has 0 unspecified atom stereocenters. The van der Waals surface area contributed by atoms with E-state index in [1.54, 1.807) is 10.9 Å². The Bertz CT molecular complexity index is 957. The van der Waals surface area contributed by atoms with E-state index in [1.165, 1.54) is 11.1 Å². The average Bonchev–Trinajstić information content (AvgIpc) is 2.58. The molecule has 0 bridgehead atoms. The molecule has 0 spiro atoms. The summed E-state index contributed by atoms with van der Waals surface area (Å²) in [6.45, 7) is 4.85. The van der Waals surface area contributed by atoms with Crippen molar-refractivity contribution < 1.29 is 0 Å². The molecule has 2 aromatic heterocycles. The van der Waals surface area contributed by atoms with Gasteiger partial charge in [-0.3, -0.25) is 9.36 Å². The molecule has 122 valence electrons. The summed E-state index contributed by atoms with van der Waals surface area (Å²) in [5.41, 5.74) is 5.22. The van der Waals surface area contributed by atoms with E-state index >= 15 is 0 Å². The lowest BCUT2D eigenvalue weighted by Gasteiger charge is -2.20. The quantitative estimate of drug-likeness (QED) is 0.728. The van der Waals surface area contributed by atoms with Crippen molar-refractivity contribution >= 4 is 11.0 Å². The molecule has 4 nitrogen and oxygen atoms in total. The van der Waals surface area contributed by atoms with Crippen LogP contribution in [0.5, 0.6) is 0 Å². The van der Waals surface area contributed by atoms with Gasteiger partial charge in [0.1, 0.15) is 6.33 Å². The largest absolute Gasteiger partial charge is 0.294 e. The van der Waals surface area contributed by atoms with Crippen molar-refractivity contribution in [2.75, 3.05) is 0 Å². The molecule has 0 aliphatic heterocycles. The minimum atomic E-state index is -0.00546. The van der Waals surface area contributed by atoms with Crippen LogP contribution in [0.15, 0.2) is 41.5 Å². The lowest BCUT2D eigenvalue weighted by atomic mass is 9.87. The van der Waals surface area contributed by atoms with Crippen molar-refractivity contribution in [2.24, 2.45) is 5.92 Å².